The summed E-state index contributed by atoms with van der Waals surface area (Å²) < 4.78 is 0. The molecular weight excluding hydrogens is 228 g/mol. The maximum atomic E-state index is 10.6. The summed E-state index contributed by atoms with van der Waals surface area (Å²) in [6.07, 6.45) is 7.25. The smallest absolute Gasteiger partial charge is 0.0912 e. The van der Waals surface area contributed by atoms with Crippen LogP contribution in [0.25, 0.3) is 0 Å². The van der Waals surface area contributed by atoms with Gasteiger partial charge in [0.25, 0.3) is 0 Å². The Kier molecular flexibility index (Phi) is 4.63. The number of aryl methyl sites for hydroxylation is 1. The molecule has 1 saturated carbocycles. The van der Waals surface area contributed by atoms with E-state index in [1.807, 2.05) is 0 Å². The van der Waals surface area contributed by atoms with E-state index in [1.54, 1.807) is 11.3 Å². The van der Waals surface area contributed by atoms with Crippen molar-refractivity contribution in [1.82, 2.24) is 0 Å². The molecule has 1 fully saturated rings. The molecule has 0 aliphatic heterocycles. The zero-order chi connectivity index (χ0) is 12.3. The van der Waals surface area contributed by atoms with Crippen LogP contribution in [-0.4, -0.2) is 5.11 Å². The van der Waals surface area contributed by atoms with E-state index in [-0.39, 0.29) is 6.10 Å². The number of aliphatic hydroxyl groups excluding tert-OH is 1. The molecule has 0 amide bonds. The van der Waals surface area contributed by atoms with Crippen LogP contribution in [-0.2, 0) is 6.42 Å². The molecule has 96 valence electrons. The minimum atomic E-state index is -0.217. The number of aliphatic hydroxyl groups is 1. The van der Waals surface area contributed by atoms with Crippen molar-refractivity contribution in [3.63, 3.8) is 0 Å². The minimum absolute atomic E-state index is 0.217. The maximum Gasteiger partial charge on any atom is 0.0912 e. The Morgan fingerprint density at radius 1 is 1.29 bits per heavy atom. The summed E-state index contributed by atoms with van der Waals surface area (Å²) in [6, 6.07) is 4.31. The highest BCUT2D eigenvalue weighted by atomic mass is 32.1. The second-order valence-corrected chi connectivity index (χ2v) is 6.42. The van der Waals surface area contributed by atoms with Gasteiger partial charge in [-0.2, -0.15) is 0 Å². The molecule has 1 aromatic heterocycles. The highest BCUT2D eigenvalue weighted by molar-refractivity contribution is 7.12. The van der Waals surface area contributed by atoms with Crippen molar-refractivity contribution in [1.29, 1.82) is 0 Å². The van der Waals surface area contributed by atoms with Crippen molar-refractivity contribution in [2.45, 2.75) is 58.5 Å². The van der Waals surface area contributed by atoms with Gasteiger partial charge in [0.1, 0.15) is 0 Å². The van der Waals surface area contributed by atoms with E-state index < -0.39 is 0 Å². The van der Waals surface area contributed by atoms with Crippen LogP contribution < -0.4 is 0 Å². The Morgan fingerprint density at radius 3 is 2.71 bits per heavy atom. The van der Waals surface area contributed by atoms with Crippen molar-refractivity contribution in [2.75, 3.05) is 0 Å². The first kappa shape index (κ1) is 13.1. The largest absolute Gasteiger partial charge is 0.387 e. The van der Waals surface area contributed by atoms with Gasteiger partial charge in [-0.25, -0.2) is 0 Å². The normalized spacial score (nSPS) is 27.0. The lowest BCUT2D eigenvalue weighted by Crippen LogP contribution is -2.24. The van der Waals surface area contributed by atoms with Gasteiger partial charge in [-0.1, -0.05) is 39.5 Å². The Hall–Kier alpha value is -0.340. The van der Waals surface area contributed by atoms with E-state index in [1.165, 1.54) is 41.9 Å². The number of hydrogen-bond donors (Lipinski definition) is 1. The molecular formula is C15H24OS. The van der Waals surface area contributed by atoms with Gasteiger partial charge in [-0.3, -0.25) is 0 Å². The predicted octanol–water partition coefficient (Wildman–Crippen LogP) is 4.56. The van der Waals surface area contributed by atoms with Crippen molar-refractivity contribution < 1.29 is 5.11 Å². The lowest BCUT2D eigenvalue weighted by molar-refractivity contribution is 0.0477. The van der Waals surface area contributed by atoms with Crippen molar-refractivity contribution in [3.8, 4) is 0 Å². The fourth-order valence-corrected chi connectivity index (χ4v) is 4.13. The minimum Gasteiger partial charge on any atom is -0.387 e. The van der Waals surface area contributed by atoms with Gasteiger partial charge in [0.15, 0.2) is 0 Å². The Labute approximate surface area is 109 Å². The van der Waals surface area contributed by atoms with Crippen LogP contribution in [0, 0.1) is 11.8 Å². The highest BCUT2D eigenvalue weighted by Gasteiger charge is 2.31. The van der Waals surface area contributed by atoms with Gasteiger partial charge in [-0.15, -0.1) is 11.3 Å². The molecule has 2 rings (SSSR count). The van der Waals surface area contributed by atoms with Gasteiger partial charge in [0.05, 0.1) is 6.10 Å². The fourth-order valence-electron chi connectivity index (χ4n) is 3.11. The summed E-state index contributed by atoms with van der Waals surface area (Å²) in [5.41, 5.74) is 0. The Bertz CT molecular complexity index is 344. The van der Waals surface area contributed by atoms with Crippen molar-refractivity contribution >= 4 is 11.3 Å². The van der Waals surface area contributed by atoms with Crippen LogP contribution in [0.1, 0.15) is 61.8 Å². The molecule has 1 aliphatic rings. The number of thiophene rings is 1. The molecule has 2 heteroatoms. The molecule has 0 saturated heterocycles. The summed E-state index contributed by atoms with van der Waals surface area (Å²) >= 11 is 1.80. The third kappa shape index (κ3) is 2.92. The standard InChI is InChI=1S/C15H24OS/c1-3-11-7-5-6-8-13(11)15(16)14-10-9-12(4-2)17-14/h9-11,13,15-16H,3-8H2,1-2H3. The first-order valence-electron chi connectivity index (χ1n) is 7.02. The molecule has 0 radical (unpaired) electrons. The lowest BCUT2D eigenvalue weighted by Gasteiger charge is -2.34. The summed E-state index contributed by atoms with van der Waals surface area (Å²) in [6.45, 7) is 4.44. The fraction of sp³-hybridized carbons (Fsp3) is 0.733. The number of rotatable bonds is 4. The average Bonchev–Trinajstić information content (AvgIpc) is 2.86. The molecule has 0 spiro atoms. The first-order chi connectivity index (χ1) is 8.26. The molecule has 1 aromatic rings. The summed E-state index contributed by atoms with van der Waals surface area (Å²) in [5.74, 6) is 1.23. The molecule has 0 bridgehead atoms. The second-order valence-electron chi connectivity index (χ2n) is 5.22. The van der Waals surface area contributed by atoms with E-state index in [2.05, 4.69) is 26.0 Å². The van der Waals surface area contributed by atoms with E-state index in [0.29, 0.717) is 5.92 Å². The van der Waals surface area contributed by atoms with Gasteiger partial charge in [0.2, 0.25) is 0 Å². The molecule has 1 N–H and O–H groups in total. The monoisotopic (exact) mass is 252 g/mol. The molecule has 1 aliphatic carbocycles. The van der Waals surface area contributed by atoms with Crippen molar-refractivity contribution in [2.24, 2.45) is 11.8 Å². The Balaban J connectivity index is 2.09. The van der Waals surface area contributed by atoms with E-state index in [4.69, 9.17) is 0 Å². The van der Waals surface area contributed by atoms with E-state index in [9.17, 15) is 5.11 Å². The van der Waals surface area contributed by atoms with Gasteiger partial charge in [0, 0.05) is 9.75 Å². The SMILES string of the molecule is CCc1ccc(C(O)C2CCCCC2CC)s1. The van der Waals surface area contributed by atoms with Crippen LogP contribution in [0.3, 0.4) is 0 Å². The molecule has 1 heterocycles. The highest BCUT2D eigenvalue weighted by Crippen LogP contribution is 2.41. The van der Waals surface area contributed by atoms with Crippen LogP contribution >= 0.6 is 11.3 Å². The van der Waals surface area contributed by atoms with E-state index in [0.717, 1.165) is 12.3 Å². The van der Waals surface area contributed by atoms with Crippen LogP contribution in [0.5, 0.6) is 0 Å². The second kappa shape index (κ2) is 6.01. The average molecular weight is 252 g/mol. The van der Waals surface area contributed by atoms with Crippen molar-refractivity contribution in [3.05, 3.63) is 21.9 Å². The van der Waals surface area contributed by atoms with Gasteiger partial charge in [-0.05, 0) is 36.8 Å². The van der Waals surface area contributed by atoms with Gasteiger partial charge >= 0.3 is 0 Å². The van der Waals surface area contributed by atoms with E-state index >= 15 is 0 Å². The zero-order valence-corrected chi connectivity index (χ0v) is 11.8. The predicted molar refractivity (Wildman–Crippen MR) is 74.4 cm³/mol. The Morgan fingerprint density at radius 2 is 2.06 bits per heavy atom. The molecule has 3 atom stereocenters. The summed E-state index contributed by atoms with van der Waals surface area (Å²) in [7, 11) is 0. The van der Waals surface area contributed by atoms with Crippen LogP contribution in [0.4, 0.5) is 0 Å². The quantitative estimate of drug-likeness (QED) is 0.833. The third-order valence-corrected chi connectivity index (χ3v) is 5.52. The molecule has 3 unspecified atom stereocenters. The van der Waals surface area contributed by atoms with Gasteiger partial charge < -0.3 is 5.11 Å². The lowest BCUT2D eigenvalue weighted by atomic mass is 9.74. The van der Waals surface area contributed by atoms with Crippen LogP contribution in [0.2, 0.25) is 0 Å². The summed E-state index contributed by atoms with van der Waals surface area (Å²) in [4.78, 5) is 2.58. The first-order valence-corrected chi connectivity index (χ1v) is 7.84. The number of hydrogen-bond acceptors (Lipinski definition) is 2. The molecule has 1 nitrogen and oxygen atoms in total. The topological polar surface area (TPSA) is 20.2 Å². The van der Waals surface area contributed by atoms with Crippen LogP contribution in [0.15, 0.2) is 12.1 Å². The zero-order valence-electron chi connectivity index (χ0n) is 11.0. The third-order valence-electron chi connectivity index (χ3n) is 4.22. The maximum absolute atomic E-state index is 10.6. The molecule has 17 heavy (non-hydrogen) atoms. The summed E-state index contributed by atoms with van der Waals surface area (Å²) in [5, 5.41) is 10.6. The molecule has 0 aromatic carbocycles.